The Hall–Kier alpha value is -2.22. The molecule has 2 fully saturated rings. The molecule has 0 aromatic heterocycles. The Bertz CT molecular complexity index is 966. The lowest BCUT2D eigenvalue weighted by atomic mass is 10.1. The second-order valence-corrected chi connectivity index (χ2v) is 10.1. The molecule has 2 aromatic carbocycles. The Morgan fingerprint density at radius 2 is 1.67 bits per heavy atom. The molecule has 0 saturated carbocycles. The summed E-state index contributed by atoms with van der Waals surface area (Å²) in [5.41, 5.74) is 1.61. The maximum Gasteiger partial charge on any atom is 0.251 e. The van der Waals surface area contributed by atoms with Gasteiger partial charge in [0, 0.05) is 37.1 Å². The lowest BCUT2D eigenvalue weighted by Crippen LogP contribution is -3.11. The third-order valence-corrected chi connectivity index (χ3v) is 8.10. The average molecular weight is 429 g/mol. The van der Waals surface area contributed by atoms with Crippen LogP contribution in [0.5, 0.6) is 0 Å². The van der Waals surface area contributed by atoms with Gasteiger partial charge in [0.15, 0.2) is 0 Å². The molecule has 7 heteroatoms. The topological polar surface area (TPSA) is 70.9 Å². The van der Waals surface area contributed by atoms with Gasteiger partial charge in [-0.2, -0.15) is 4.31 Å². The van der Waals surface area contributed by atoms with E-state index in [4.69, 9.17) is 0 Å². The summed E-state index contributed by atoms with van der Waals surface area (Å²) in [5.74, 6) is -0.229. The van der Waals surface area contributed by atoms with Gasteiger partial charge in [0.2, 0.25) is 10.0 Å². The number of carbonyl (C=O) groups excluding carboxylic acids is 1. The highest BCUT2D eigenvalue weighted by Crippen LogP contribution is 2.21. The molecule has 2 saturated heterocycles. The van der Waals surface area contributed by atoms with E-state index < -0.39 is 10.0 Å². The van der Waals surface area contributed by atoms with Gasteiger partial charge in [-0.1, -0.05) is 36.4 Å². The van der Waals surface area contributed by atoms with Crippen molar-refractivity contribution in [2.45, 2.75) is 36.6 Å². The minimum absolute atomic E-state index is 0.196. The van der Waals surface area contributed by atoms with Gasteiger partial charge >= 0.3 is 0 Å². The van der Waals surface area contributed by atoms with Crippen LogP contribution in [0.1, 0.15) is 47.6 Å². The fourth-order valence-electron chi connectivity index (χ4n) is 4.53. The van der Waals surface area contributed by atoms with Crippen molar-refractivity contribution >= 4 is 15.9 Å². The summed E-state index contributed by atoms with van der Waals surface area (Å²) in [6.07, 6.45) is 4.20. The van der Waals surface area contributed by atoms with Crippen LogP contribution >= 0.6 is 0 Å². The van der Waals surface area contributed by atoms with Gasteiger partial charge < -0.3 is 10.2 Å². The highest BCUT2D eigenvalue weighted by Gasteiger charge is 2.29. The molecular weight excluding hydrogens is 398 g/mol. The van der Waals surface area contributed by atoms with Gasteiger partial charge in [0.1, 0.15) is 6.04 Å². The number of carbonyl (C=O) groups is 1. The van der Waals surface area contributed by atoms with Crippen molar-refractivity contribution in [2.24, 2.45) is 0 Å². The molecule has 2 aromatic rings. The molecule has 0 unspecified atom stereocenters. The number of nitrogens with one attached hydrogen (secondary N) is 2. The van der Waals surface area contributed by atoms with E-state index >= 15 is 0 Å². The number of hydrogen-bond donors (Lipinski definition) is 2. The molecule has 1 amide bonds. The minimum Gasteiger partial charge on any atom is -0.346 e. The SMILES string of the molecule is O=C(NC[C@@H](c1ccccc1)[NH+]1CCCC1)c1cccc(S(=O)(=O)N2CCCC2)c1. The van der Waals surface area contributed by atoms with Crippen molar-refractivity contribution in [1.29, 1.82) is 0 Å². The molecule has 0 aliphatic carbocycles. The number of quaternary nitrogens is 1. The van der Waals surface area contributed by atoms with E-state index in [1.54, 1.807) is 18.2 Å². The number of amides is 1. The summed E-state index contributed by atoms with van der Waals surface area (Å²) in [4.78, 5) is 14.6. The van der Waals surface area contributed by atoms with Gasteiger partial charge in [0.25, 0.3) is 5.91 Å². The minimum atomic E-state index is -3.53. The highest BCUT2D eigenvalue weighted by atomic mass is 32.2. The van der Waals surface area contributed by atoms with Crippen molar-refractivity contribution in [3.8, 4) is 0 Å². The van der Waals surface area contributed by atoms with Gasteiger partial charge in [-0.15, -0.1) is 0 Å². The lowest BCUT2D eigenvalue weighted by Gasteiger charge is -2.25. The van der Waals surface area contributed by atoms with Crippen LogP contribution in [0.2, 0.25) is 0 Å². The van der Waals surface area contributed by atoms with Crippen LogP contribution in [0.3, 0.4) is 0 Å². The Morgan fingerprint density at radius 1 is 0.967 bits per heavy atom. The zero-order valence-electron chi connectivity index (χ0n) is 17.2. The average Bonchev–Trinajstić information content (AvgIpc) is 3.49. The fraction of sp³-hybridized carbons (Fsp3) is 0.435. The normalized spacial score (nSPS) is 19.1. The predicted molar refractivity (Wildman–Crippen MR) is 116 cm³/mol. The summed E-state index contributed by atoms with van der Waals surface area (Å²) in [6, 6.07) is 16.9. The van der Waals surface area contributed by atoms with Crippen molar-refractivity contribution < 1.29 is 18.1 Å². The molecule has 0 radical (unpaired) electrons. The third kappa shape index (κ3) is 4.58. The number of nitrogens with zero attached hydrogens (tertiary/aromatic N) is 1. The second kappa shape index (κ2) is 9.29. The summed E-state index contributed by atoms with van der Waals surface area (Å²) in [5, 5.41) is 3.05. The maximum absolute atomic E-state index is 12.9. The summed E-state index contributed by atoms with van der Waals surface area (Å²) < 4.78 is 27.2. The molecule has 6 nitrogen and oxygen atoms in total. The Morgan fingerprint density at radius 3 is 2.37 bits per heavy atom. The van der Waals surface area contributed by atoms with Crippen LogP contribution in [0.4, 0.5) is 0 Å². The number of hydrogen-bond acceptors (Lipinski definition) is 3. The van der Waals surface area contributed by atoms with E-state index in [1.165, 1.54) is 33.7 Å². The first-order valence-electron chi connectivity index (χ1n) is 10.8. The van der Waals surface area contributed by atoms with Crippen LogP contribution in [-0.4, -0.2) is 51.4 Å². The van der Waals surface area contributed by atoms with Crippen molar-refractivity contribution in [1.82, 2.24) is 9.62 Å². The quantitative estimate of drug-likeness (QED) is 0.704. The lowest BCUT2D eigenvalue weighted by molar-refractivity contribution is -0.918. The molecule has 0 bridgehead atoms. The summed E-state index contributed by atoms with van der Waals surface area (Å²) in [6.45, 7) is 3.85. The van der Waals surface area contributed by atoms with Gasteiger partial charge in [0.05, 0.1) is 24.5 Å². The van der Waals surface area contributed by atoms with Crippen LogP contribution < -0.4 is 10.2 Å². The predicted octanol–water partition coefficient (Wildman–Crippen LogP) is 1.62. The zero-order chi connectivity index (χ0) is 21.0. The Balaban J connectivity index is 1.48. The van der Waals surface area contributed by atoms with Crippen LogP contribution in [0, 0.1) is 0 Å². The van der Waals surface area contributed by atoms with Crippen LogP contribution in [0.15, 0.2) is 59.5 Å². The number of sulfonamides is 1. The fourth-order valence-corrected chi connectivity index (χ4v) is 6.10. The monoisotopic (exact) mass is 428 g/mol. The molecule has 160 valence electrons. The second-order valence-electron chi connectivity index (χ2n) is 8.18. The van der Waals surface area contributed by atoms with E-state index in [9.17, 15) is 13.2 Å². The van der Waals surface area contributed by atoms with E-state index in [0.717, 1.165) is 25.9 Å². The van der Waals surface area contributed by atoms with E-state index in [1.807, 2.05) is 18.2 Å². The molecule has 2 aliphatic heterocycles. The Labute approximate surface area is 178 Å². The molecule has 1 atom stereocenters. The van der Waals surface area contributed by atoms with E-state index in [2.05, 4.69) is 17.4 Å². The third-order valence-electron chi connectivity index (χ3n) is 6.21. The smallest absolute Gasteiger partial charge is 0.251 e. The first-order chi connectivity index (χ1) is 14.6. The highest BCUT2D eigenvalue weighted by molar-refractivity contribution is 7.89. The van der Waals surface area contributed by atoms with Gasteiger partial charge in [-0.25, -0.2) is 8.42 Å². The first kappa shape index (κ1) is 21.0. The van der Waals surface area contributed by atoms with E-state index in [-0.39, 0.29) is 16.8 Å². The molecule has 2 heterocycles. The zero-order valence-corrected chi connectivity index (χ0v) is 18.0. The number of rotatable bonds is 7. The molecular formula is C23H30N3O3S+. The molecule has 0 spiro atoms. The Kier molecular flexibility index (Phi) is 6.51. The number of benzene rings is 2. The molecule has 2 N–H and O–H groups in total. The maximum atomic E-state index is 12.9. The molecule has 4 rings (SSSR count). The van der Waals surface area contributed by atoms with Crippen molar-refractivity contribution in [3.05, 3.63) is 65.7 Å². The first-order valence-corrected chi connectivity index (χ1v) is 12.3. The van der Waals surface area contributed by atoms with Crippen LogP contribution in [0.25, 0.3) is 0 Å². The van der Waals surface area contributed by atoms with Crippen molar-refractivity contribution in [2.75, 3.05) is 32.7 Å². The molecule has 2 aliphatic rings. The number of likely N-dealkylation sites (tertiary alicyclic amines) is 1. The largest absolute Gasteiger partial charge is 0.346 e. The summed E-state index contributed by atoms with van der Waals surface area (Å²) in [7, 11) is -3.53. The standard InChI is InChI=1S/C23H29N3O3S/c27-23(20-11-8-12-21(17-20)30(28,29)26-15-6-7-16-26)24-18-22(25-13-4-5-14-25)19-9-2-1-3-10-19/h1-3,8-12,17,22H,4-7,13-16,18H2,(H,24,27)/p+1/t22-/m0/s1. The van der Waals surface area contributed by atoms with Crippen molar-refractivity contribution in [3.63, 3.8) is 0 Å². The molecule has 30 heavy (non-hydrogen) atoms. The summed E-state index contributed by atoms with van der Waals surface area (Å²) >= 11 is 0. The van der Waals surface area contributed by atoms with Gasteiger partial charge in [-0.05, 0) is 31.0 Å². The van der Waals surface area contributed by atoms with E-state index in [0.29, 0.717) is 25.2 Å². The van der Waals surface area contributed by atoms with Crippen LogP contribution in [-0.2, 0) is 10.0 Å². The van der Waals surface area contributed by atoms with Gasteiger partial charge in [-0.3, -0.25) is 4.79 Å².